The van der Waals surface area contributed by atoms with Crippen LogP contribution in [-0.2, 0) is 11.3 Å². The van der Waals surface area contributed by atoms with Gasteiger partial charge in [0.15, 0.2) is 0 Å². The first-order valence-electron chi connectivity index (χ1n) is 5.89. The molecule has 112 valence electrons. The SMILES string of the molecule is COc1cc(OC)c(NC(=O)Cn2cnc(N)n2)cc1Cl. The Kier molecular flexibility index (Phi) is 4.49. The lowest BCUT2D eigenvalue weighted by Gasteiger charge is -2.13. The van der Waals surface area contributed by atoms with Gasteiger partial charge in [-0.25, -0.2) is 9.67 Å². The predicted molar refractivity (Wildman–Crippen MR) is 77.6 cm³/mol. The van der Waals surface area contributed by atoms with Crippen molar-refractivity contribution >= 4 is 29.1 Å². The van der Waals surface area contributed by atoms with Crippen molar-refractivity contribution in [3.63, 3.8) is 0 Å². The number of methoxy groups -OCH3 is 2. The Morgan fingerprint density at radius 1 is 1.38 bits per heavy atom. The molecule has 0 unspecified atom stereocenters. The van der Waals surface area contributed by atoms with Gasteiger partial charge in [-0.1, -0.05) is 11.6 Å². The fourth-order valence-corrected chi connectivity index (χ4v) is 1.92. The molecule has 1 heterocycles. The summed E-state index contributed by atoms with van der Waals surface area (Å²) in [5.74, 6) is 0.672. The van der Waals surface area contributed by atoms with Crippen LogP contribution >= 0.6 is 11.6 Å². The van der Waals surface area contributed by atoms with Gasteiger partial charge in [0.2, 0.25) is 11.9 Å². The average molecular weight is 312 g/mol. The third-order valence-corrected chi connectivity index (χ3v) is 2.90. The summed E-state index contributed by atoms with van der Waals surface area (Å²) in [6.45, 7) is -0.0308. The van der Waals surface area contributed by atoms with Crippen molar-refractivity contribution in [3.05, 3.63) is 23.5 Å². The number of anilines is 2. The number of nitrogens with two attached hydrogens (primary N) is 1. The second kappa shape index (κ2) is 6.31. The molecule has 8 nitrogen and oxygen atoms in total. The third kappa shape index (κ3) is 3.54. The largest absolute Gasteiger partial charge is 0.495 e. The van der Waals surface area contributed by atoms with Crippen LogP contribution in [0.1, 0.15) is 0 Å². The molecule has 0 spiro atoms. The van der Waals surface area contributed by atoms with Gasteiger partial charge in [0.1, 0.15) is 24.4 Å². The number of halogens is 1. The summed E-state index contributed by atoms with van der Waals surface area (Å²) >= 11 is 6.03. The summed E-state index contributed by atoms with van der Waals surface area (Å²) in [4.78, 5) is 15.7. The quantitative estimate of drug-likeness (QED) is 0.859. The number of ether oxygens (including phenoxy) is 2. The van der Waals surface area contributed by atoms with Crippen molar-refractivity contribution < 1.29 is 14.3 Å². The summed E-state index contributed by atoms with van der Waals surface area (Å²) in [5.41, 5.74) is 5.81. The van der Waals surface area contributed by atoms with Gasteiger partial charge in [0.05, 0.1) is 24.9 Å². The van der Waals surface area contributed by atoms with Gasteiger partial charge in [0.25, 0.3) is 0 Å². The predicted octanol–water partition coefficient (Wildman–Crippen LogP) is 1.17. The number of hydrogen-bond donors (Lipinski definition) is 2. The molecule has 0 radical (unpaired) electrons. The Hall–Kier alpha value is -2.48. The van der Waals surface area contributed by atoms with E-state index in [9.17, 15) is 4.79 Å². The van der Waals surface area contributed by atoms with Gasteiger partial charge in [-0.3, -0.25) is 4.79 Å². The molecule has 1 aromatic heterocycles. The summed E-state index contributed by atoms with van der Waals surface area (Å²) in [6.07, 6.45) is 1.37. The fraction of sp³-hybridized carbons (Fsp3) is 0.250. The van der Waals surface area contributed by atoms with Crippen LogP contribution in [0.4, 0.5) is 11.6 Å². The number of hydrogen-bond acceptors (Lipinski definition) is 6. The zero-order valence-electron chi connectivity index (χ0n) is 11.5. The first-order valence-corrected chi connectivity index (χ1v) is 6.27. The monoisotopic (exact) mass is 311 g/mol. The minimum atomic E-state index is -0.320. The summed E-state index contributed by atoms with van der Waals surface area (Å²) in [6, 6.07) is 3.14. The summed E-state index contributed by atoms with van der Waals surface area (Å²) in [5, 5.41) is 6.86. The first kappa shape index (κ1) is 14.9. The van der Waals surface area contributed by atoms with E-state index in [1.807, 2.05) is 0 Å². The van der Waals surface area contributed by atoms with E-state index in [1.54, 1.807) is 12.1 Å². The topological polar surface area (TPSA) is 104 Å². The van der Waals surface area contributed by atoms with E-state index in [0.717, 1.165) is 0 Å². The Bertz CT molecular complexity index is 658. The second-order valence-electron chi connectivity index (χ2n) is 4.04. The van der Waals surface area contributed by atoms with Crippen molar-refractivity contribution in [3.8, 4) is 11.5 Å². The highest BCUT2D eigenvalue weighted by Gasteiger charge is 2.13. The Morgan fingerprint density at radius 2 is 2.10 bits per heavy atom. The molecular weight excluding hydrogens is 298 g/mol. The number of amides is 1. The number of carbonyl (C=O) groups excluding carboxylic acids is 1. The van der Waals surface area contributed by atoms with Gasteiger partial charge in [0, 0.05) is 6.07 Å². The third-order valence-electron chi connectivity index (χ3n) is 2.61. The highest BCUT2D eigenvalue weighted by atomic mass is 35.5. The molecule has 9 heteroatoms. The second-order valence-corrected chi connectivity index (χ2v) is 4.44. The molecule has 0 bridgehead atoms. The molecule has 0 atom stereocenters. The number of nitrogens with zero attached hydrogens (tertiary/aromatic N) is 3. The van der Waals surface area contributed by atoms with Gasteiger partial charge >= 0.3 is 0 Å². The molecule has 1 aromatic carbocycles. The maximum Gasteiger partial charge on any atom is 0.246 e. The fourth-order valence-electron chi connectivity index (χ4n) is 1.68. The van der Waals surface area contributed by atoms with Gasteiger partial charge in [-0.15, -0.1) is 5.10 Å². The number of carbonyl (C=O) groups is 1. The van der Waals surface area contributed by atoms with Crippen molar-refractivity contribution in [2.24, 2.45) is 0 Å². The van der Waals surface area contributed by atoms with Gasteiger partial charge < -0.3 is 20.5 Å². The van der Waals surface area contributed by atoms with Crippen molar-refractivity contribution in [1.29, 1.82) is 0 Å². The molecule has 0 aliphatic carbocycles. The molecule has 1 amide bonds. The molecule has 2 aromatic rings. The van der Waals surface area contributed by atoms with E-state index in [-0.39, 0.29) is 18.4 Å². The van der Waals surface area contributed by atoms with E-state index < -0.39 is 0 Å². The zero-order valence-corrected chi connectivity index (χ0v) is 12.2. The minimum Gasteiger partial charge on any atom is -0.495 e. The number of nitrogens with one attached hydrogen (secondary N) is 1. The van der Waals surface area contributed by atoms with Crippen LogP contribution in [0.25, 0.3) is 0 Å². The minimum absolute atomic E-state index is 0.0308. The molecule has 2 rings (SSSR count). The average Bonchev–Trinajstić information content (AvgIpc) is 2.84. The van der Waals surface area contributed by atoms with E-state index in [2.05, 4.69) is 15.4 Å². The van der Waals surface area contributed by atoms with E-state index in [1.165, 1.54) is 25.2 Å². The lowest BCUT2D eigenvalue weighted by Crippen LogP contribution is -2.19. The lowest BCUT2D eigenvalue weighted by molar-refractivity contribution is -0.116. The van der Waals surface area contributed by atoms with Crippen molar-refractivity contribution in [2.45, 2.75) is 6.54 Å². The molecule has 0 aliphatic heterocycles. The van der Waals surface area contributed by atoms with Crippen LogP contribution < -0.4 is 20.5 Å². The molecule has 0 aliphatic rings. The van der Waals surface area contributed by atoms with Crippen molar-refractivity contribution in [1.82, 2.24) is 14.8 Å². The van der Waals surface area contributed by atoms with Crippen LogP contribution in [0.5, 0.6) is 11.5 Å². The normalized spacial score (nSPS) is 10.2. The van der Waals surface area contributed by atoms with Gasteiger partial charge in [-0.05, 0) is 6.07 Å². The summed E-state index contributed by atoms with van der Waals surface area (Å²) in [7, 11) is 2.98. The first-order chi connectivity index (χ1) is 10.0. The number of rotatable bonds is 5. The standard InChI is InChI=1S/C12H14ClN5O3/c1-20-9-4-10(21-2)8(3-7(9)13)16-11(19)5-18-6-15-12(14)17-18/h3-4,6H,5H2,1-2H3,(H2,14,17)(H,16,19). The van der Waals surface area contributed by atoms with Crippen LogP contribution in [0.15, 0.2) is 18.5 Å². The highest BCUT2D eigenvalue weighted by Crippen LogP contribution is 2.35. The molecule has 3 N–H and O–H groups in total. The molecule has 0 saturated carbocycles. The van der Waals surface area contributed by atoms with Gasteiger partial charge in [-0.2, -0.15) is 0 Å². The Balaban J connectivity index is 2.14. The van der Waals surface area contributed by atoms with Crippen LogP contribution in [-0.4, -0.2) is 34.9 Å². The highest BCUT2D eigenvalue weighted by molar-refractivity contribution is 6.32. The smallest absolute Gasteiger partial charge is 0.246 e. The Labute approximate surface area is 125 Å². The number of nitrogen functional groups attached to an aromatic ring is 1. The van der Waals surface area contributed by atoms with Crippen molar-refractivity contribution in [2.75, 3.05) is 25.3 Å². The van der Waals surface area contributed by atoms with E-state index in [4.69, 9.17) is 26.8 Å². The van der Waals surface area contributed by atoms with Crippen LogP contribution in [0.2, 0.25) is 5.02 Å². The molecular formula is C12H14ClN5O3. The zero-order chi connectivity index (χ0) is 15.4. The van der Waals surface area contributed by atoms with E-state index in [0.29, 0.717) is 22.2 Å². The van der Waals surface area contributed by atoms with E-state index >= 15 is 0 Å². The van der Waals surface area contributed by atoms with Crippen LogP contribution in [0.3, 0.4) is 0 Å². The molecule has 0 fully saturated rings. The molecule has 21 heavy (non-hydrogen) atoms. The Morgan fingerprint density at radius 3 is 2.67 bits per heavy atom. The molecule has 0 saturated heterocycles. The lowest BCUT2D eigenvalue weighted by atomic mass is 10.2. The maximum absolute atomic E-state index is 12.0. The number of aromatic nitrogens is 3. The summed E-state index contributed by atoms with van der Waals surface area (Å²) < 4.78 is 11.6. The number of benzene rings is 1. The maximum atomic E-state index is 12.0. The van der Waals surface area contributed by atoms with Crippen LogP contribution in [0, 0.1) is 0 Å².